The molecule has 1 saturated heterocycles. The molecular weight excluding hydrogens is 382 g/mol. The molecule has 0 aromatic rings. The smallest absolute Gasteiger partial charge is 0.222 e. The molecule has 0 unspecified atom stereocenters. The number of carbonyl (C=O) groups excluding carboxylic acids is 3. The lowest BCUT2D eigenvalue weighted by molar-refractivity contribution is -0.134. The molecular formula is C24H43NO5. The second-order valence-corrected chi connectivity index (χ2v) is 9.25. The number of hydrogen-bond acceptors (Lipinski definition) is 5. The maximum atomic E-state index is 12.5. The Morgan fingerprint density at radius 2 is 1.47 bits per heavy atom. The molecule has 0 saturated carbocycles. The van der Waals surface area contributed by atoms with Gasteiger partial charge in [-0.3, -0.25) is 14.4 Å². The maximum Gasteiger partial charge on any atom is 0.222 e. The molecule has 6 nitrogen and oxygen atoms in total. The van der Waals surface area contributed by atoms with E-state index in [0.717, 1.165) is 38.5 Å². The number of nitrogens with zero attached hydrogens (tertiary/aromatic N) is 1. The molecule has 1 rings (SSSR count). The van der Waals surface area contributed by atoms with Crippen molar-refractivity contribution in [1.82, 2.24) is 4.90 Å². The predicted octanol–water partition coefficient (Wildman–Crippen LogP) is 4.07. The van der Waals surface area contributed by atoms with E-state index in [1.165, 1.54) is 0 Å². The Balaban J connectivity index is 2.09. The summed E-state index contributed by atoms with van der Waals surface area (Å²) in [6.07, 6.45) is 7.66. The fourth-order valence-corrected chi connectivity index (χ4v) is 3.79. The SMILES string of the molecule is CC(C)OC[C@@H]1C[C@@H](O)CN1C(=O)CCCCCCC(=O)CCCCC(=O)C(C)C. The van der Waals surface area contributed by atoms with Crippen molar-refractivity contribution >= 4 is 17.5 Å². The van der Waals surface area contributed by atoms with Gasteiger partial charge in [0.2, 0.25) is 5.91 Å². The number of aliphatic hydroxyl groups is 1. The van der Waals surface area contributed by atoms with Gasteiger partial charge in [-0.25, -0.2) is 0 Å². The summed E-state index contributed by atoms with van der Waals surface area (Å²) in [6, 6.07) is -0.0247. The molecule has 30 heavy (non-hydrogen) atoms. The largest absolute Gasteiger partial charge is 0.391 e. The lowest BCUT2D eigenvalue weighted by Gasteiger charge is -2.25. The van der Waals surface area contributed by atoms with Crippen molar-refractivity contribution in [3.63, 3.8) is 0 Å². The molecule has 0 bridgehead atoms. The molecule has 2 atom stereocenters. The van der Waals surface area contributed by atoms with Crippen LogP contribution in [0.3, 0.4) is 0 Å². The molecule has 1 amide bonds. The Morgan fingerprint density at radius 1 is 0.900 bits per heavy atom. The molecule has 0 radical (unpaired) electrons. The highest BCUT2D eigenvalue weighted by Crippen LogP contribution is 2.21. The second-order valence-electron chi connectivity index (χ2n) is 9.25. The Bertz CT molecular complexity index is 532. The molecule has 0 aromatic heterocycles. The van der Waals surface area contributed by atoms with Gasteiger partial charge in [-0.15, -0.1) is 0 Å². The molecule has 6 heteroatoms. The average Bonchev–Trinajstić information content (AvgIpc) is 3.06. The quantitative estimate of drug-likeness (QED) is 0.377. The molecule has 1 N–H and O–H groups in total. The van der Waals surface area contributed by atoms with Gasteiger partial charge in [0.25, 0.3) is 0 Å². The van der Waals surface area contributed by atoms with Gasteiger partial charge < -0.3 is 14.7 Å². The number of likely N-dealkylation sites (tertiary alicyclic amines) is 1. The third-order valence-corrected chi connectivity index (χ3v) is 5.70. The fourth-order valence-electron chi connectivity index (χ4n) is 3.79. The van der Waals surface area contributed by atoms with Crippen molar-refractivity contribution in [2.75, 3.05) is 13.2 Å². The van der Waals surface area contributed by atoms with E-state index in [9.17, 15) is 19.5 Å². The summed E-state index contributed by atoms with van der Waals surface area (Å²) in [7, 11) is 0. The van der Waals surface area contributed by atoms with E-state index in [2.05, 4.69) is 0 Å². The number of rotatable bonds is 16. The Morgan fingerprint density at radius 3 is 2.07 bits per heavy atom. The van der Waals surface area contributed by atoms with E-state index in [0.29, 0.717) is 45.3 Å². The van der Waals surface area contributed by atoms with Gasteiger partial charge in [-0.05, 0) is 46.0 Å². The third-order valence-electron chi connectivity index (χ3n) is 5.70. The molecule has 1 aliphatic heterocycles. The first-order valence-electron chi connectivity index (χ1n) is 11.8. The monoisotopic (exact) mass is 425 g/mol. The number of hydrogen-bond donors (Lipinski definition) is 1. The van der Waals surface area contributed by atoms with Gasteiger partial charge in [-0.1, -0.05) is 26.7 Å². The van der Waals surface area contributed by atoms with Crippen LogP contribution in [0.4, 0.5) is 0 Å². The first-order valence-corrected chi connectivity index (χ1v) is 11.8. The summed E-state index contributed by atoms with van der Waals surface area (Å²) in [5, 5.41) is 9.91. The van der Waals surface area contributed by atoms with E-state index < -0.39 is 6.10 Å². The summed E-state index contributed by atoms with van der Waals surface area (Å²) in [6.45, 7) is 8.65. The highest BCUT2D eigenvalue weighted by Gasteiger charge is 2.34. The van der Waals surface area contributed by atoms with Crippen LogP contribution in [0.15, 0.2) is 0 Å². The number of amides is 1. The Hall–Kier alpha value is -1.27. The minimum atomic E-state index is -0.454. The van der Waals surface area contributed by atoms with Crippen LogP contribution < -0.4 is 0 Å². The molecule has 0 spiro atoms. The van der Waals surface area contributed by atoms with Crippen molar-refractivity contribution in [3.8, 4) is 0 Å². The van der Waals surface area contributed by atoms with Gasteiger partial charge in [0.1, 0.15) is 11.6 Å². The van der Waals surface area contributed by atoms with Crippen LogP contribution in [0.5, 0.6) is 0 Å². The number of ether oxygens (including phenoxy) is 1. The number of Topliss-reactive ketones (excluding diaryl/α,β-unsaturated/α-hetero) is 2. The first-order chi connectivity index (χ1) is 14.2. The van der Waals surface area contributed by atoms with Gasteiger partial charge >= 0.3 is 0 Å². The molecule has 1 fully saturated rings. The Kier molecular flexibility index (Phi) is 13.1. The molecule has 174 valence electrons. The number of aliphatic hydroxyl groups excluding tert-OH is 1. The fraction of sp³-hybridized carbons (Fsp3) is 0.875. The van der Waals surface area contributed by atoms with Crippen molar-refractivity contribution < 1.29 is 24.2 Å². The highest BCUT2D eigenvalue weighted by atomic mass is 16.5. The van der Waals surface area contributed by atoms with Crippen molar-refractivity contribution in [2.24, 2.45) is 5.92 Å². The van der Waals surface area contributed by atoms with Crippen LogP contribution in [0.1, 0.15) is 98.3 Å². The highest BCUT2D eigenvalue weighted by molar-refractivity contribution is 5.80. The minimum Gasteiger partial charge on any atom is -0.391 e. The van der Waals surface area contributed by atoms with E-state index >= 15 is 0 Å². The molecule has 0 aromatic carbocycles. The zero-order valence-electron chi connectivity index (χ0n) is 19.5. The second kappa shape index (κ2) is 14.7. The zero-order valence-corrected chi connectivity index (χ0v) is 19.5. The van der Waals surface area contributed by atoms with Gasteiger partial charge in [0.15, 0.2) is 0 Å². The van der Waals surface area contributed by atoms with E-state index in [4.69, 9.17) is 4.74 Å². The number of β-amino-alcohol motifs (C(OH)–C–C–N with tert-alkyl or cyclic N) is 1. The lowest BCUT2D eigenvalue weighted by Crippen LogP contribution is -2.39. The Labute approximate surface area is 182 Å². The van der Waals surface area contributed by atoms with E-state index in [1.807, 2.05) is 27.7 Å². The summed E-state index contributed by atoms with van der Waals surface area (Å²) in [5.74, 6) is 0.736. The van der Waals surface area contributed by atoms with Gasteiger partial charge in [-0.2, -0.15) is 0 Å². The normalized spacial score (nSPS) is 19.1. The van der Waals surface area contributed by atoms with Crippen LogP contribution in [0, 0.1) is 5.92 Å². The maximum absolute atomic E-state index is 12.5. The van der Waals surface area contributed by atoms with E-state index in [1.54, 1.807) is 4.90 Å². The zero-order chi connectivity index (χ0) is 22.5. The van der Waals surface area contributed by atoms with Crippen LogP contribution in [0.2, 0.25) is 0 Å². The summed E-state index contributed by atoms with van der Waals surface area (Å²) < 4.78 is 5.64. The summed E-state index contributed by atoms with van der Waals surface area (Å²) in [4.78, 5) is 37.8. The van der Waals surface area contributed by atoms with Gasteiger partial charge in [0, 0.05) is 38.1 Å². The molecule has 1 aliphatic rings. The van der Waals surface area contributed by atoms with E-state index in [-0.39, 0.29) is 35.5 Å². The van der Waals surface area contributed by atoms with Crippen molar-refractivity contribution in [3.05, 3.63) is 0 Å². The average molecular weight is 426 g/mol. The standard InChI is InChI=1S/C24H43NO5/c1-18(2)23(28)13-10-9-12-21(26)11-7-5-6-8-14-24(29)25-16-22(27)15-20(25)17-30-19(3)4/h18-20,22,27H,5-17H2,1-4H3/t20-,22+/m0/s1. The minimum absolute atomic E-state index is 0.0247. The van der Waals surface area contributed by atoms with Crippen LogP contribution in [-0.2, 0) is 19.1 Å². The van der Waals surface area contributed by atoms with Crippen LogP contribution in [-0.4, -0.2) is 58.9 Å². The number of carbonyl (C=O) groups is 3. The van der Waals surface area contributed by atoms with Gasteiger partial charge in [0.05, 0.1) is 24.9 Å². The first kappa shape index (κ1) is 26.8. The van der Waals surface area contributed by atoms with Crippen molar-refractivity contribution in [2.45, 2.75) is 117 Å². The summed E-state index contributed by atoms with van der Waals surface area (Å²) in [5.41, 5.74) is 0. The molecule has 0 aliphatic carbocycles. The van der Waals surface area contributed by atoms with Crippen LogP contribution in [0.25, 0.3) is 0 Å². The third kappa shape index (κ3) is 11.2. The number of unbranched alkanes of at least 4 members (excludes halogenated alkanes) is 4. The summed E-state index contributed by atoms with van der Waals surface area (Å²) >= 11 is 0. The topological polar surface area (TPSA) is 83.9 Å². The lowest BCUT2D eigenvalue weighted by atomic mass is 10.0. The van der Waals surface area contributed by atoms with Crippen LogP contribution >= 0.6 is 0 Å². The van der Waals surface area contributed by atoms with Crippen molar-refractivity contribution in [1.29, 1.82) is 0 Å². The number of ketones is 2. The molecule has 1 heterocycles. The predicted molar refractivity (Wildman–Crippen MR) is 118 cm³/mol.